The molecule has 0 aromatic heterocycles. The van der Waals surface area contributed by atoms with E-state index < -0.39 is 18.2 Å². The topological polar surface area (TPSA) is 49.5 Å². The van der Waals surface area contributed by atoms with Gasteiger partial charge in [-0.25, -0.2) is 0 Å². The lowest BCUT2D eigenvalue weighted by Gasteiger charge is -2.31. The quantitative estimate of drug-likeness (QED) is 0.727. The van der Waals surface area contributed by atoms with Crippen LogP contribution in [0.5, 0.6) is 0 Å². The molecule has 1 aliphatic carbocycles. The first kappa shape index (κ1) is 13.7. The smallest absolute Gasteiger partial charge is 0.387 e. The first-order valence-corrected chi connectivity index (χ1v) is 5.44. The van der Waals surface area contributed by atoms with E-state index in [2.05, 4.69) is 0 Å². The first-order chi connectivity index (χ1) is 7.27. The Kier molecular flexibility index (Phi) is 4.20. The van der Waals surface area contributed by atoms with E-state index in [0.717, 1.165) is 12.8 Å². The van der Waals surface area contributed by atoms with Crippen molar-refractivity contribution >= 4 is 0 Å². The van der Waals surface area contributed by atoms with E-state index in [1.807, 2.05) is 0 Å². The molecule has 1 fully saturated rings. The van der Waals surface area contributed by atoms with E-state index in [1.165, 1.54) is 4.90 Å². The zero-order valence-corrected chi connectivity index (χ0v) is 9.43. The number of nitrogens with two attached hydrogens (primary N) is 1. The summed E-state index contributed by atoms with van der Waals surface area (Å²) >= 11 is 0. The van der Waals surface area contributed by atoms with Crippen LogP contribution in [0, 0.1) is 5.92 Å². The van der Waals surface area contributed by atoms with Gasteiger partial charge in [0.1, 0.15) is 0 Å². The summed E-state index contributed by atoms with van der Waals surface area (Å²) in [4.78, 5) is 1.50. The van der Waals surface area contributed by atoms with Gasteiger partial charge in [-0.3, -0.25) is 0 Å². The highest BCUT2D eigenvalue weighted by Crippen LogP contribution is 2.39. The van der Waals surface area contributed by atoms with E-state index in [4.69, 9.17) is 5.73 Å². The minimum absolute atomic E-state index is 0.0987. The van der Waals surface area contributed by atoms with Crippen molar-refractivity contribution in [2.75, 3.05) is 26.7 Å². The van der Waals surface area contributed by atoms with Crippen LogP contribution in [0.15, 0.2) is 0 Å². The Balaban J connectivity index is 2.34. The largest absolute Gasteiger partial charge is 0.390 e. The highest BCUT2D eigenvalue weighted by Gasteiger charge is 2.43. The molecular weight excluding hydrogens is 221 g/mol. The van der Waals surface area contributed by atoms with Crippen LogP contribution in [-0.2, 0) is 0 Å². The second kappa shape index (κ2) is 4.89. The van der Waals surface area contributed by atoms with Gasteiger partial charge >= 0.3 is 6.18 Å². The van der Waals surface area contributed by atoms with Gasteiger partial charge in [-0.05, 0) is 25.8 Å². The summed E-state index contributed by atoms with van der Waals surface area (Å²) in [6.45, 7) is 0.219. The Morgan fingerprint density at radius 1 is 1.38 bits per heavy atom. The molecular formula is C10H19F3N2O. The Labute approximate surface area is 93.4 Å². The summed E-state index contributed by atoms with van der Waals surface area (Å²) in [5.41, 5.74) is 4.47. The number of alkyl halides is 3. The molecule has 6 heteroatoms. The molecule has 0 aliphatic heterocycles. The zero-order valence-electron chi connectivity index (χ0n) is 9.43. The molecule has 3 N–H and O–H groups in total. The molecule has 0 spiro atoms. The number of rotatable bonds is 6. The fraction of sp³-hybridized carbons (Fsp3) is 1.00. The molecule has 16 heavy (non-hydrogen) atoms. The van der Waals surface area contributed by atoms with E-state index in [9.17, 15) is 18.3 Å². The number of hydrogen-bond donors (Lipinski definition) is 2. The Morgan fingerprint density at radius 3 is 2.31 bits per heavy atom. The SMILES string of the molecule is CN(CCC(F)(F)F)CC(O)(CN)C1CC1. The number of nitrogens with zero attached hydrogens (tertiary/aromatic N) is 1. The third-order valence-corrected chi connectivity index (χ3v) is 3.01. The van der Waals surface area contributed by atoms with Crippen molar-refractivity contribution in [2.45, 2.75) is 31.0 Å². The summed E-state index contributed by atoms with van der Waals surface area (Å²) in [7, 11) is 1.58. The molecule has 0 radical (unpaired) electrons. The maximum absolute atomic E-state index is 12.0. The second-order valence-electron chi connectivity index (χ2n) is 4.68. The number of hydrogen-bond acceptors (Lipinski definition) is 3. The van der Waals surface area contributed by atoms with Gasteiger partial charge in [-0.1, -0.05) is 0 Å². The van der Waals surface area contributed by atoms with Crippen molar-refractivity contribution in [1.29, 1.82) is 0 Å². The van der Waals surface area contributed by atoms with Crippen molar-refractivity contribution < 1.29 is 18.3 Å². The normalized spacial score (nSPS) is 21.2. The average Bonchev–Trinajstić information content (AvgIpc) is 2.96. The van der Waals surface area contributed by atoms with Crippen molar-refractivity contribution in [3.63, 3.8) is 0 Å². The highest BCUT2D eigenvalue weighted by atomic mass is 19.4. The lowest BCUT2D eigenvalue weighted by Crippen LogP contribution is -2.49. The van der Waals surface area contributed by atoms with Crippen LogP contribution in [0.25, 0.3) is 0 Å². The van der Waals surface area contributed by atoms with Crippen molar-refractivity contribution in [3.8, 4) is 0 Å². The maximum Gasteiger partial charge on any atom is 0.390 e. The minimum Gasteiger partial charge on any atom is -0.387 e. The second-order valence-corrected chi connectivity index (χ2v) is 4.68. The molecule has 3 nitrogen and oxygen atoms in total. The van der Waals surface area contributed by atoms with Gasteiger partial charge in [-0.2, -0.15) is 13.2 Å². The van der Waals surface area contributed by atoms with Crippen LogP contribution in [0.4, 0.5) is 13.2 Å². The van der Waals surface area contributed by atoms with Gasteiger partial charge in [0.15, 0.2) is 0 Å². The van der Waals surface area contributed by atoms with Gasteiger partial charge in [0.05, 0.1) is 12.0 Å². The van der Waals surface area contributed by atoms with Crippen LogP contribution in [0.3, 0.4) is 0 Å². The maximum atomic E-state index is 12.0. The molecule has 96 valence electrons. The van der Waals surface area contributed by atoms with E-state index in [0.29, 0.717) is 0 Å². The molecule has 0 amide bonds. The number of aliphatic hydroxyl groups is 1. The number of likely N-dealkylation sites (N-methyl/N-ethyl adjacent to an activating group) is 1. The molecule has 1 rings (SSSR count). The van der Waals surface area contributed by atoms with Gasteiger partial charge < -0.3 is 15.7 Å². The van der Waals surface area contributed by atoms with Crippen molar-refractivity contribution in [1.82, 2.24) is 4.90 Å². The Bertz CT molecular complexity index is 231. The molecule has 1 atom stereocenters. The Morgan fingerprint density at radius 2 is 1.94 bits per heavy atom. The first-order valence-electron chi connectivity index (χ1n) is 5.44. The van der Waals surface area contributed by atoms with Crippen LogP contribution < -0.4 is 5.73 Å². The van der Waals surface area contributed by atoms with Gasteiger partial charge in [-0.15, -0.1) is 0 Å². The predicted molar refractivity (Wildman–Crippen MR) is 54.9 cm³/mol. The van der Waals surface area contributed by atoms with Crippen molar-refractivity contribution in [3.05, 3.63) is 0 Å². The summed E-state index contributed by atoms with van der Waals surface area (Å²) in [6, 6.07) is 0. The fourth-order valence-corrected chi connectivity index (χ4v) is 1.85. The molecule has 1 saturated carbocycles. The van der Waals surface area contributed by atoms with Gasteiger partial charge in [0, 0.05) is 19.6 Å². The lowest BCUT2D eigenvalue weighted by molar-refractivity contribution is -0.139. The highest BCUT2D eigenvalue weighted by molar-refractivity contribution is 4.97. The standard InChI is InChI=1S/C10H19F3N2O/c1-15(5-4-10(11,12)13)7-9(16,6-14)8-2-3-8/h8,16H,2-7,14H2,1H3. The monoisotopic (exact) mass is 240 g/mol. The minimum atomic E-state index is -4.14. The van der Waals surface area contributed by atoms with E-state index in [1.54, 1.807) is 7.05 Å². The summed E-state index contributed by atoms with van der Waals surface area (Å²) in [5, 5.41) is 10.1. The summed E-state index contributed by atoms with van der Waals surface area (Å²) in [5.74, 6) is 0.158. The van der Waals surface area contributed by atoms with Crippen LogP contribution in [0.2, 0.25) is 0 Å². The van der Waals surface area contributed by atoms with Crippen LogP contribution in [-0.4, -0.2) is 48.5 Å². The zero-order chi connectivity index (χ0) is 12.4. The molecule has 1 unspecified atom stereocenters. The molecule has 1 aliphatic rings. The van der Waals surface area contributed by atoms with E-state index >= 15 is 0 Å². The third kappa shape index (κ3) is 4.27. The molecule has 0 heterocycles. The number of halogens is 3. The average molecular weight is 240 g/mol. The van der Waals surface area contributed by atoms with Crippen LogP contribution >= 0.6 is 0 Å². The summed E-state index contributed by atoms with van der Waals surface area (Å²) in [6.07, 6.45) is -3.16. The Hall–Kier alpha value is -0.330. The van der Waals surface area contributed by atoms with E-state index in [-0.39, 0.29) is 25.6 Å². The van der Waals surface area contributed by atoms with Gasteiger partial charge in [0.2, 0.25) is 0 Å². The lowest BCUT2D eigenvalue weighted by atomic mass is 9.97. The fourth-order valence-electron chi connectivity index (χ4n) is 1.85. The van der Waals surface area contributed by atoms with Crippen molar-refractivity contribution in [2.24, 2.45) is 11.7 Å². The molecule has 0 bridgehead atoms. The summed E-state index contributed by atoms with van der Waals surface area (Å²) < 4.78 is 36.0. The molecule has 0 aromatic rings. The molecule has 0 aromatic carbocycles. The predicted octanol–water partition coefficient (Wildman–Crippen LogP) is 0.970. The van der Waals surface area contributed by atoms with Crippen LogP contribution in [0.1, 0.15) is 19.3 Å². The third-order valence-electron chi connectivity index (χ3n) is 3.01. The van der Waals surface area contributed by atoms with Gasteiger partial charge in [0.25, 0.3) is 0 Å². The molecule has 0 saturated heterocycles.